The molecule has 2 aliphatic rings. The summed E-state index contributed by atoms with van der Waals surface area (Å²) in [7, 11) is 0. The fraction of sp³-hybridized carbons (Fsp3) is 0.909. The van der Waals surface area contributed by atoms with Crippen molar-refractivity contribution in [2.24, 2.45) is 0 Å². The zero-order valence-electron chi connectivity index (χ0n) is 8.82. The molecule has 0 saturated carbocycles. The van der Waals surface area contributed by atoms with E-state index < -0.39 is 0 Å². The fourth-order valence-corrected chi connectivity index (χ4v) is 2.72. The molecule has 2 saturated heterocycles. The third-order valence-corrected chi connectivity index (χ3v) is 3.45. The highest BCUT2D eigenvalue weighted by molar-refractivity contribution is 5.49. The summed E-state index contributed by atoms with van der Waals surface area (Å²) in [6.07, 6.45) is 5.74. The average molecular weight is 196 g/mol. The Labute approximate surface area is 86.1 Å². The van der Waals surface area contributed by atoms with Crippen LogP contribution in [-0.4, -0.2) is 54.9 Å². The van der Waals surface area contributed by atoms with Crippen LogP contribution in [0.2, 0.25) is 0 Å². The topological polar surface area (TPSA) is 23.6 Å². The van der Waals surface area contributed by atoms with Crippen LogP contribution in [0.1, 0.15) is 25.7 Å². The van der Waals surface area contributed by atoms with Gasteiger partial charge in [-0.1, -0.05) is 0 Å². The van der Waals surface area contributed by atoms with E-state index in [0.29, 0.717) is 6.42 Å². The van der Waals surface area contributed by atoms with E-state index in [4.69, 9.17) is 0 Å². The Morgan fingerprint density at radius 3 is 2.93 bits per heavy atom. The van der Waals surface area contributed by atoms with Crippen molar-refractivity contribution < 1.29 is 4.79 Å². The van der Waals surface area contributed by atoms with Crippen molar-refractivity contribution in [2.45, 2.75) is 31.7 Å². The summed E-state index contributed by atoms with van der Waals surface area (Å²) in [5.41, 5.74) is 0. The molecule has 0 spiro atoms. The smallest absolute Gasteiger partial charge is 0.121 e. The Balaban J connectivity index is 1.85. The molecular weight excluding hydrogens is 176 g/mol. The average Bonchev–Trinajstić information content (AvgIpc) is 2.54. The van der Waals surface area contributed by atoms with E-state index in [2.05, 4.69) is 9.80 Å². The lowest BCUT2D eigenvalue weighted by atomic mass is 10.2. The maximum absolute atomic E-state index is 10.3. The number of aldehydes is 1. The molecule has 0 aromatic carbocycles. The van der Waals surface area contributed by atoms with Gasteiger partial charge in [0, 0.05) is 25.6 Å². The molecule has 0 aromatic rings. The van der Waals surface area contributed by atoms with Crippen LogP contribution >= 0.6 is 0 Å². The predicted molar refractivity (Wildman–Crippen MR) is 56.3 cm³/mol. The Kier molecular flexibility index (Phi) is 3.54. The van der Waals surface area contributed by atoms with E-state index >= 15 is 0 Å². The van der Waals surface area contributed by atoms with Gasteiger partial charge >= 0.3 is 0 Å². The molecular formula is C11H20N2O. The Morgan fingerprint density at radius 1 is 1.21 bits per heavy atom. The molecule has 3 heteroatoms. The summed E-state index contributed by atoms with van der Waals surface area (Å²) < 4.78 is 0. The Bertz CT molecular complexity index is 196. The van der Waals surface area contributed by atoms with Crippen molar-refractivity contribution in [1.82, 2.24) is 9.80 Å². The van der Waals surface area contributed by atoms with Gasteiger partial charge in [0.2, 0.25) is 0 Å². The largest absolute Gasteiger partial charge is 0.303 e. The lowest BCUT2D eigenvalue weighted by Gasteiger charge is -2.24. The van der Waals surface area contributed by atoms with Crippen LogP contribution in [-0.2, 0) is 4.79 Å². The van der Waals surface area contributed by atoms with Crippen LogP contribution in [0.4, 0.5) is 0 Å². The molecule has 0 aliphatic carbocycles. The van der Waals surface area contributed by atoms with Crippen LogP contribution in [0.3, 0.4) is 0 Å². The first kappa shape index (κ1) is 10.1. The van der Waals surface area contributed by atoms with Crippen LogP contribution < -0.4 is 0 Å². The molecule has 0 radical (unpaired) electrons. The summed E-state index contributed by atoms with van der Waals surface area (Å²) in [5.74, 6) is 0. The minimum atomic E-state index is 0.701. The lowest BCUT2D eigenvalue weighted by Crippen LogP contribution is -2.37. The highest BCUT2D eigenvalue weighted by Gasteiger charge is 2.28. The van der Waals surface area contributed by atoms with Gasteiger partial charge in [-0.05, 0) is 38.9 Å². The highest BCUT2D eigenvalue weighted by Crippen LogP contribution is 2.21. The van der Waals surface area contributed by atoms with Crippen molar-refractivity contribution in [3.05, 3.63) is 0 Å². The molecule has 0 amide bonds. The number of hydrogen-bond acceptors (Lipinski definition) is 3. The number of carbonyl (C=O) groups is 1. The van der Waals surface area contributed by atoms with Crippen molar-refractivity contribution in [3.8, 4) is 0 Å². The molecule has 14 heavy (non-hydrogen) atoms. The van der Waals surface area contributed by atoms with Gasteiger partial charge in [-0.15, -0.1) is 0 Å². The minimum absolute atomic E-state index is 0.701. The van der Waals surface area contributed by atoms with Crippen molar-refractivity contribution in [3.63, 3.8) is 0 Å². The molecule has 2 heterocycles. The number of nitrogens with zero attached hydrogens (tertiary/aromatic N) is 2. The van der Waals surface area contributed by atoms with E-state index in [9.17, 15) is 4.79 Å². The van der Waals surface area contributed by atoms with E-state index in [1.54, 1.807) is 0 Å². The van der Waals surface area contributed by atoms with Gasteiger partial charge in [-0.3, -0.25) is 4.90 Å². The highest BCUT2D eigenvalue weighted by atomic mass is 16.1. The van der Waals surface area contributed by atoms with Crippen molar-refractivity contribution >= 4 is 6.29 Å². The van der Waals surface area contributed by atoms with Gasteiger partial charge in [-0.2, -0.15) is 0 Å². The van der Waals surface area contributed by atoms with Gasteiger partial charge in [0.25, 0.3) is 0 Å². The van der Waals surface area contributed by atoms with Crippen LogP contribution in [0, 0.1) is 0 Å². The summed E-state index contributed by atoms with van der Waals surface area (Å²) in [6, 6.07) is 0.782. The Morgan fingerprint density at radius 2 is 2.07 bits per heavy atom. The third-order valence-electron chi connectivity index (χ3n) is 3.45. The summed E-state index contributed by atoms with van der Waals surface area (Å²) >= 11 is 0. The lowest BCUT2D eigenvalue weighted by molar-refractivity contribution is -0.108. The first-order valence-corrected chi connectivity index (χ1v) is 5.80. The number of hydrogen-bond donors (Lipinski definition) is 0. The second-order valence-electron chi connectivity index (χ2n) is 4.44. The zero-order chi connectivity index (χ0) is 9.80. The summed E-state index contributed by atoms with van der Waals surface area (Å²) in [4.78, 5) is 15.4. The van der Waals surface area contributed by atoms with Gasteiger partial charge < -0.3 is 9.69 Å². The fourth-order valence-electron chi connectivity index (χ4n) is 2.72. The molecule has 3 nitrogen and oxygen atoms in total. The van der Waals surface area contributed by atoms with Crippen molar-refractivity contribution in [2.75, 3.05) is 32.7 Å². The Hall–Kier alpha value is -0.410. The molecule has 80 valence electrons. The molecule has 0 aromatic heterocycles. The second-order valence-corrected chi connectivity index (χ2v) is 4.44. The standard InChI is InChI=1S/C11H20N2O/c14-9-3-6-12-5-2-8-13-7-1-4-11(13)10-12/h9,11H,1-8,10H2. The molecule has 2 aliphatic heterocycles. The van der Waals surface area contributed by atoms with E-state index in [-0.39, 0.29) is 0 Å². The van der Waals surface area contributed by atoms with Crippen LogP contribution in [0.15, 0.2) is 0 Å². The molecule has 0 bridgehead atoms. The molecule has 2 rings (SSSR count). The minimum Gasteiger partial charge on any atom is -0.303 e. The van der Waals surface area contributed by atoms with Crippen molar-refractivity contribution in [1.29, 1.82) is 0 Å². The normalized spacial score (nSPS) is 29.9. The first-order valence-electron chi connectivity index (χ1n) is 5.80. The van der Waals surface area contributed by atoms with Gasteiger partial charge in [-0.25, -0.2) is 0 Å². The molecule has 1 atom stereocenters. The molecule has 0 N–H and O–H groups in total. The molecule has 2 fully saturated rings. The van der Waals surface area contributed by atoms with E-state index in [1.165, 1.54) is 45.4 Å². The van der Waals surface area contributed by atoms with E-state index in [0.717, 1.165) is 18.9 Å². The van der Waals surface area contributed by atoms with Crippen LogP contribution in [0.5, 0.6) is 0 Å². The predicted octanol–water partition coefficient (Wildman–Crippen LogP) is 0.746. The number of fused-ring (bicyclic) bond motifs is 1. The second kappa shape index (κ2) is 4.89. The summed E-state index contributed by atoms with van der Waals surface area (Å²) in [6.45, 7) is 5.90. The van der Waals surface area contributed by atoms with E-state index in [1.807, 2.05) is 0 Å². The quantitative estimate of drug-likeness (QED) is 0.622. The third kappa shape index (κ3) is 2.34. The zero-order valence-corrected chi connectivity index (χ0v) is 8.82. The number of rotatable bonds is 3. The van der Waals surface area contributed by atoms with Crippen LogP contribution in [0.25, 0.3) is 0 Å². The van der Waals surface area contributed by atoms with Gasteiger partial charge in [0.15, 0.2) is 0 Å². The number of carbonyl (C=O) groups excluding carboxylic acids is 1. The summed E-state index contributed by atoms with van der Waals surface area (Å²) in [5, 5.41) is 0. The monoisotopic (exact) mass is 196 g/mol. The maximum Gasteiger partial charge on any atom is 0.121 e. The van der Waals surface area contributed by atoms with Gasteiger partial charge in [0.1, 0.15) is 6.29 Å². The molecule has 1 unspecified atom stereocenters. The SMILES string of the molecule is O=CCCN1CCCN2CCCC2C1. The maximum atomic E-state index is 10.3. The first-order chi connectivity index (χ1) is 6.90. The van der Waals surface area contributed by atoms with Gasteiger partial charge in [0.05, 0.1) is 0 Å².